The van der Waals surface area contributed by atoms with Crippen LogP contribution in [-0.4, -0.2) is 15.0 Å². The van der Waals surface area contributed by atoms with Gasteiger partial charge in [-0.1, -0.05) is 42.5 Å². The van der Waals surface area contributed by atoms with Crippen LogP contribution in [0.1, 0.15) is 0 Å². The van der Waals surface area contributed by atoms with Crippen molar-refractivity contribution in [1.29, 1.82) is 0 Å². The number of imidazole rings is 1. The van der Waals surface area contributed by atoms with E-state index in [-0.39, 0.29) is 5.82 Å². The van der Waals surface area contributed by atoms with Gasteiger partial charge in [0.1, 0.15) is 11.6 Å². The summed E-state index contributed by atoms with van der Waals surface area (Å²) in [7, 11) is 0. The Bertz CT molecular complexity index is 1170. The molecule has 3 aromatic carbocycles. The van der Waals surface area contributed by atoms with Gasteiger partial charge in [0.15, 0.2) is 0 Å². The van der Waals surface area contributed by atoms with Crippen LogP contribution in [0.5, 0.6) is 0 Å². The predicted molar refractivity (Wildman–Crippen MR) is 98.8 cm³/mol. The first-order valence-corrected chi connectivity index (χ1v) is 8.11. The Morgan fingerprint density at radius 3 is 2.40 bits per heavy atom. The number of aromatic nitrogens is 3. The standard InChI is InChI=1S/C21H14FN3/c22-14-10-11-16-15(12-14)19(20(23-16)13-6-2-1-3-7-13)21-24-17-8-4-5-9-18(17)25-21/h1-12,23H,(H,24,25). The zero-order valence-corrected chi connectivity index (χ0v) is 13.3. The zero-order chi connectivity index (χ0) is 16.8. The number of para-hydroxylation sites is 2. The van der Waals surface area contributed by atoms with E-state index in [1.54, 1.807) is 12.1 Å². The Morgan fingerprint density at radius 1 is 0.760 bits per heavy atom. The lowest BCUT2D eigenvalue weighted by Crippen LogP contribution is -1.84. The molecule has 0 aliphatic heterocycles. The minimum atomic E-state index is -0.261. The Hall–Kier alpha value is -3.40. The molecule has 0 amide bonds. The molecular weight excluding hydrogens is 313 g/mol. The molecule has 0 atom stereocenters. The highest BCUT2D eigenvalue weighted by Gasteiger charge is 2.18. The van der Waals surface area contributed by atoms with E-state index in [1.165, 1.54) is 6.07 Å². The normalized spacial score (nSPS) is 11.4. The van der Waals surface area contributed by atoms with Gasteiger partial charge in [-0.25, -0.2) is 9.37 Å². The smallest absolute Gasteiger partial charge is 0.141 e. The summed E-state index contributed by atoms with van der Waals surface area (Å²) in [5, 5.41) is 0.818. The van der Waals surface area contributed by atoms with Crippen LogP contribution in [-0.2, 0) is 0 Å². The van der Waals surface area contributed by atoms with E-state index >= 15 is 0 Å². The number of benzene rings is 3. The number of nitrogens with zero attached hydrogens (tertiary/aromatic N) is 1. The van der Waals surface area contributed by atoms with Crippen LogP contribution < -0.4 is 0 Å². The van der Waals surface area contributed by atoms with Crippen molar-refractivity contribution >= 4 is 21.9 Å². The highest BCUT2D eigenvalue weighted by atomic mass is 19.1. The number of nitrogens with one attached hydrogen (secondary N) is 2. The summed E-state index contributed by atoms with van der Waals surface area (Å²) < 4.78 is 13.9. The number of aromatic amines is 2. The van der Waals surface area contributed by atoms with Gasteiger partial charge >= 0.3 is 0 Å². The third-order valence-corrected chi connectivity index (χ3v) is 4.45. The van der Waals surface area contributed by atoms with Crippen LogP contribution in [0.3, 0.4) is 0 Å². The molecule has 0 aliphatic carbocycles. The summed E-state index contributed by atoms with van der Waals surface area (Å²) in [5.41, 5.74) is 5.59. The fourth-order valence-corrected chi connectivity index (χ4v) is 3.30. The molecule has 0 radical (unpaired) electrons. The summed E-state index contributed by atoms with van der Waals surface area (Å²) >= 11 is 0. The van der Waals surface area contributed by atoms with Gasteiger partial charge in [0.2, 0.25) is 0 Å². The number of halogens is 1. The average molecular weight is 327 g/mol. The van der Waals surface area contributed by atoms with E-state index in [1.807, 2.05) is 54.6 Å². The van der Waals surface area contributed by atoms with Crippen molar-refractivity contribution in [3.63, 3.8) is 0 Å². The van der Waals surface area contributed by atoms with Crippen molar-refractivity contribution in [1.82, 2.24) is 15.0 Å². The van der Waals surface area contributed by atoms with Crippen LogP contribution in [0.25, 0.3) is 44.6 Å². The Kier molecular flexibility index (Phi) is 2.97. The number of fused-ring (bicyclic) bond motifs is 2. The van der Waals surface area contributed by atoms with Crippen molar-refractivity contribution in [2.45, 2.75) is 0 Å². The van der Waals surface area contributed by atoms with E-state index in [2.05, 4.69) is 9.97 Å². The molecule has 2 heterocycles. The molecule has 0 unspecified atom stereocenters. The molecule has 0 spiro atoms. The van der Waals surface area contributed by atoms with Gasteiger partial charge in [0.05, 0.1) is 22.3 Å². The lowest BCUT2D eigenvalue weighted by atomic mass is 10.0. The van der Waals surface area contributed by atoms with E-state index in [9.17, 15) is 4.39 Å². The highest BCUT2D eigenvalue weighted by molar-refractivity contribution is 6.03. The van der Waals surface area contributed by atoms with Crippen LogP contribution in [0.2, 0.25) is 0 Å². The van der Waals surface area contributed by atoms with Gasteiger partial charge < -0.3 is 9.97 Å². The van der Waals surface area contributed by atoms with Crippen molar-refractivity contribution in [2.75, 3.05) is 0 Å². The summed E-state index contributed by atoms with van der Waals surface area (Å²) in [4.78, 5) is 11.5. The summed E-state index contributed by atoms with van der Waals surface area (Å²) in [5.74, 6) is 0.473. The second-order valence-electron chi connectivity index (χ2n) is 6.03. The first kappa shape index (κ1) is 14.0. The predicted octanol–water partition coefficient (Wildman–Crippen LogP) is 5.52. The van der Waals surface area contributed by atoms with E-state index in [4.69, 9.17) is 4.98 Å². The highest BCUT2D eigenvalue weighted by Crippen LogP contribution is 2.37. The lowest BCUT2D eigenvalue weighted by Gasteiger charge is -2.02. The molecule has 0 bridgehead atoms. The second kappa shape index (κ2) is 5.31. The zero-order valence-electron chi connectivity index (χ0n) is 13.3. The van der Waals surface area contributed by atoms with Gasteiger partial charge in [-0.15, -0.1) is 0 Å². The Labute approximate surface area is 143 Å². The van der Waals surface area contributed by atoms with Gasteiger partial charge in [-0.2, -0.15) is 0 Å². The second-order valence-corrected chi connectivity index (χ2v) is 6.03. The van der Waals surface area contributed by atoms with Crippen LogP contribution in [0, 0.1) is 5.82 Å². The SMILES string of the molecule is Fc1ccc2[nH]c(-c3ccccc3)c(-c3nc4ccccc4[nH]3)c2c1. The molecule has 25 heavy (non-hydrogen) atoms. The van der Waals surface area contributed by atoms with Crippen LogP contribution >= 0.6 is 0 Å². The van der Waals surface area contributed by atoms with Crippen LogP contribution in [0.4, 0.5) is 4.39 Å². The van der Waals surface area contributed by atoms with E-state index in [0.29, 0.717) is 0 Å². The third-order valence-electron chi connectivity index (χ3n) is 4.45. The molecule has 120 valence electrons. The molecule has 2 N–H and O–H groups in total. The van der Waals surface area contributed by atoms with Gasteiger partial charge in [0.25, 0.3) is 0 Å². The van der Waals surface area contributed by atoms with Crippen LogP contribution in [0.15, 0.2) is 72.8 Å². The molecule has 5 rings (SSSR count). The minimum absolute atomic E-state index is 0.261. The monoisotopic (exact) mass is 327 g/mol. The maximum absolute atomic E-state index is 13.9. The molecule has 0 fully saturated rings. The number of rotatable bonds is 2. The Balaban J connectivity index is 1.87. The summed E-state index contributed by atoms with van der Waals surface area (Å²) in [6.45, 7) is 0. The maximum atomic E-state index is 13.9. The topological polar surface area (TPSA) is 44.5 Å². The first-order chi connectivity index (χ1) is 12.3. The maximum Gasteiger partial charge on any atom is 0.141 e. The van der Waals surface area contributed by atoms with Gasteiger partial charge in [-0.3, -0.25) is 0 Å². The lowest BCUT2D eigenvalue weighted by molar-refractivity contribution is 0.630. The number of hydrogen-bond acceptors (Lipinski definition) is 1. The van der Waals surface area contributed by atoms with Gasteiger partial charge in [0, 0.05) is 10.9 Å². The van der Waals surface area contributed by atoms with Crippen molar-refractivity contribution in [2.24, 2.45) is 0 Å². The average Bonchev–Trinajstić information content (AvgIpc) is 3.22. The Morgan fingerprint density at radius 2 is 1.56 bits per heavy atom. The first-order valence-electron chi connectivity index (χ1n) is 8.11. The largest absolute Gasteiger partial charge is 0.354 e. The van der Waals surface area contributed by atoms with Crippen molar-refractivity contribution < 1.29 is 4.39 Å². The molecule has 0 aliphatic rings. The van der Waals surface area contributed by atoms with Gasteiger partial charge in [-0.05, 0) is 35.9 Å². The minimum Gasteiger partial charge on any atom is -0.354 e. The van der Waals surface area contributed by atoms with Crippen molar-refractivity contribution in [3.8, 4) is 22.6 Å². The quantitative estimate of drug-likeness (QED) is 0.441. The summed E-state index contributed by atoms with van der Waals surface area (Å²) in [6, 6.07) is 22.7. The number of H-pyrrole nitrogens is 2. The molecule has 4 heteroatoms. The fraction of sp³-hybridized carbons (Fsp3) is 0. The molecule has 3 nitrogen and oxygen atoms in total. The third kappa shape index (κ3) is 2.22. The number of hydrogen-bond donors (Lipinski definition) is 2. The van der Waals surface area contributed by atoms with E-state index < -0.39 is 0 Å². The van der Waals surface area contributed by atoms with E-state index in [0.717, 1.165) is 44.6 Å². The van der Waals surface area contributed by atoms with Crippen molar-refractivity contribution in [3.05, 3.63) is 78.6 Å². The molecule has 5 aromatic rings. The molecule has 0 saturated heterocycles. The molecular formula is C21H14FN3. The fourth-order valence-electron chi connectivity index (χ4n) is 3.30. The summed E-state index contributed by atoms with van der Waals surface area (Å²) in [6.07, 6.45) is 0. The molecule has 0 saturated carbocycles. The molecule has 2 aromatic heterocycles.